The maximum Gasteiger partial charge on any atom is 0.170 e. The van der Waals surface area contributed by atoms with Gasteiger partial charge in [-0.2, -0.15) is 5.06 Å². The van der Waals surface area contributed by atoms with E-state index in [1.165, 1.54) is 0 Å². The summed E-state index contributed by atoms with van der Waals surface area (Å²) in [6.45, 7) is 0. The maximum absolute atomic E-state index is 9.51. The summed E-state index contributed by atoms with van der Waals surface area (Å²) in [5.74, 6) is 1.05. The highest BCUT2D eigenvalue weighted by Crippen LogP contribution is 2.50. The molecule has 0 saturated heterocycles. The summed E-state index contributed by atoms with van der Waals surface area (Å²) in [4.78, 5) is 5.58. The molecule has 3 nitrogen and oxygen atoms in total. The second-order valence-corrected chi connectivity index (χ2v) is 3.34. The first-order valence-electron chi connectivity index (χ1n) is 4.71. The van der Waals surface area contributed by atoms with E-state index in [-0.39, 0.29) is 0 Å². The van der Waals surface area contributed by atoms with Gasteiger partial charge in [-0.15, -0.1) is 0 Å². The molecule has 2 bridgehead atoms. The zero-order chi connectivity index (χ0) is 10.3. The largest absolute Gasteiger partial charge is 0.504 e. The lowest BCUT2D eigenvalue weighted by Crippen LogP contribution is -2.27. The van der Waals surface area contributed by atoms with Crippen LogP contribution < -0.4 is 9.90 Å². The molecule has 0 aliphatic carbocycles. The third kappa shape index (κ3) is 1.13. The number of rotatable bonds is 2. The van der Waals surface area contributed by atoms with Gasteiger partial charge in [0.1, 0.15) is 11.4 Å². The normalized spacial score (nSPS) is 12.1. The molecule has 3 rings (SSSR count). The van der Waals surface area contributed by atoms with Gasteiger partial charge in [0.05, 0.1) is 0 Å². The Labute approximate surface area is 87.1 Å². The van der Waals surface area contributed by atoms with Crippen molar-refractivity contribution in [3.63, 3.8) is 0 Å². The van der Waals surface area contributed by atoms with Gasteiger partial charge in [-0.3, -0.25) is 0 Å². The molecule has 2 aromatic carbocycles. The molecule has 0 saturated carbocycles. The molecule has 0 atom stereocenters. The number of phenolic OH excluding ortho intramolecular Hbond substituents is 1. The first-order valence-corrected chi connectivity index (χ1v) is 4.71. The van der Waals surface area contributed by atoms with Crippen molar-refractivity contribution >= 4 is 11.4 Å². The maximum atomic E-state index is 9.51. The minimum atomic E-state index is 0.299. The van der Waals surface area contributed by atoms with Gasteiger partial charge in [0.15, 0.2) is 11.5 Å². The van der Waals surface area contributed by atoms with Crippen LogP contribution in [0.1, 0.15) is 0 Å². The molecule has 0 spiro atoms. The first-order chi connectivity index (χ1) is 7.36. The van der Waals surface area contributed by atoms with Crippen LogP contribution in [0.15, 0.2) is 48.5 Å². The second-order valence-electron chi connectivity index (χ2n) is 3.34. The Morgan fingerprint density at radius 2 is 1.53 bits per heavy atom. The number of fused-ring (bicyclic) bond motifs is 2. The van der Waals surface area contributed by atoms with Crippen LogP contribution in [0.25, 0.3) is 0 Å². The van der Waals surface area contributed by atoms with Gasteiger partial charge in [0.25, 0.3) is 0 Å². The lowest BCUT2D eigenvalue weighted by molar-refractivity contribution is 0.298. The van der Waals surface area contributed by atoms with Crippen molar-refractivity contribution in [1.82, 2.24) is 0 Å². The molecule has 2 aromatic rings. The highest BCUT2D eigenvalue weighted by molar-refractivity contribution is 5.86. The van der Waals surface area contributed by atoms with Crippen LogP contribution >= 0.6 is 0 Å². The van der Waals surface area contributed by atoms with Gasteiger partial charge in [0.2, 0.25) is 0 Å². The van der Waals surface area contributed by atoms with E-state index in [9.17, 15) is 5.11 Å². The van der Waals surface area contributed by atoms with E-state index in [1.807, 2.05) is 48.5 Å². The van der Waals surface area contributed by atoms with E-state index >= 15 is 0 Å². The highest BCUT2D eigenvalue weighted by Gasteiger charge is 2.29. The molecule has 1 aliphatic rings. The molecule has 1 aliphatic heterocycles. The van der Waals surface area contributed by atoms with E-state index in [4.69, 9.17) is 4.84 Å². The van der Waals surface area contributed by atoms with Crippen LogP contribution in [0.2, 0.25) is 0 Å². The Morgan fingerprint density at radius 1 is 0.867 bits per heavy atom. The quantitative estimate of drug-likeness (QED) is 0.807. The van der Waals surface area contributed by atoms with Crippen molar-refractivity contribution < 1.29 is 9.94 Å². The number of anilines is 2. The fourth-order valence-corrected chi connectivity index (χ4v) is 1.61. The molecular formula is C12H9NO2. The molecule has 15 heavy (non-hydrogen) atoms. The number of benzene rings is 2. The number of para-hydroxylation sites is 2. The standard InChI is InChI=1S/C12H9NO2/c14-12-10-7-4-8-11(12)13(10)15-9-5-2-1-3-6-9/h1-8,14H. The van der Waals surface area contributed by atoms with E-state index in [0.717, 1.165) is 5.75 Å². The van der Waals surface area contributed by atoms with Gasteiger partial charge in [-0.1, -0.05) is 24.3 Å². The molecule has 0 radical (unpaired) electrons. The molecule has 1 heterocycles. The van der Waals surface area contributed by atoms with Crippen molar-refractivity contribution in [2.75, 3.05) is 5.06 Å². The van der Waals surface area contributed by atoms with Crippen molar-refractivity contribution in [2.45, 2.75) is 0 Å². The molecule has 0 fully saturated rings. The van der Waals surface area contributed by atoms with Crippen LogP contribution in [0.5, 0.6) is 11.5 Å². The Kier molecular flexibility index (Phi) is 1.59. The minimum absolute atomic E-state index is 0.299. The predicted octanol–water partition coefficient (Wildman–Crippen LogP) is 2.84. The fraction of sp³-hybridized carbons (Fsp3) is 0. The molecule has 0 amide bonds. The van der Waals surface area contributed by atoms with Crippen molar-refractivity contribution in [2.24, 2.45) is 0 Å². The van der Waals surface area contributed by atoms with E-state index in [0.29, 0.717) is 17.1 Å². The number of hydrogen-bond acceptors (Lipinski definition) is 3. The van der Waals surface area contributed by atoms with Crippen LogP contribution in [0.3, 0.4) is 0 Å². The smallest absolute Gasteiger partial charge is 0.170 e. The number of hydrogen-bond donors (Lipinski definition) is 1. The molecular weight excluding hydrogens is 190 g/mol. The lowest BCUT2D eigenvalue weighted by Gasteiger charge is -2.33. The molecule has 0 unspecified atom stereocenters. The first kappa shape index (κ1) is 8.17. The Hall–Kier alpha value is -2.16. The Balaban J connectivity index is 1.85. The van der Waals surface area contributed by atoms with Gasteiger partial charge < -0.3 is 9.94 Å². The summed E-state index contributed by atoms with van der Waals surface area (Å²) in [7, 11) is 0. The SMILES string of the molecule is Oc1c2cccc1N2Oc1ccccc1. The Morgan fingerprint density at radius 3 is 2.13 bits per heavy atom. The van der Waals surface area contributed by atoms with Crippen LogP contribution in [-0.2, 0) is 0 Å². The molecule has 3 heteroatoms. The summed E-state index contributed by atoms with van der Waals surface area (Å²) in [5.41, 5.74) is 1.41. The molecule has 0 aromatic heterocycles. The van der Waals surface area contributed by atoms with Crippen LogP contribution in [0.4, 0.5) is 11.4 Å². The second kappa shape index (κ2) is 2.92. The highest BCUT2D eigenvalue weighted by atomic mass is 16.7. The fourth-order valence-electron chi connectivity index (χ4n) is 1.61. The molecule has 1 N–H and O–H groups in total. The summed E-state index contributed by atoms with van der Waals surface area (Å²) < 4.78 is 0. The van der Waals surface area contributed by atoms with E-state index < -0.39 is 0 Å². The third-order valence-electron chi connectivity index (χ3n) is 2.37. The van der Waals surface area contributed by atoms with Gasteiger partial charge in [-0.25, -0.2) is 0 Å². The summed E-state index contributed by atoms with van der Waals surface area (Å²) in [6.07, 6.45) is 0. The van der Waals surface area contributed by atoms with Gasteiger partial charge in [-0.05, 0) is 24.3 Å². The minimum Gasteiger partial charge on any atom is -0.504 e. The lowest BCUT2D eigenvalue weighted by atomic mass is 10.1. The van der Waals surface area contributed by atoms with E-state index in [2.05, 4.69) is 0 Å². The third-order valence-corrected chi connectivity index (χ3v) is 2.37. The number of nitrogens with zero attached hydrogens (tertiary/aromatic N) is 1. The average molecular weight is 199 g/mol. The van der Waals surface area contributed by atoms with Gasteiger partial charge in [0, 0.05) is 0 Å². The average Bonchev–Trinajstić information content (AvgIpc) is 2.32. The number of aromatic hydroxyl groups is 1. The number of phenols is 1. The van der Waals surface area contributed by atoms with Crippen LogP contribution in [0, 0.1) is 0 Å². The van der Waals surface area contributed by atoms with Crippen molar-refractivity contribution in [1.29, 1.82) is 0 Å². The summed E-state index contributed by atoms with van der Waals surface area (Å²) >= 11 is 0. The monoisotopic (exact) mass is 199 g/mol. The van der Waals surface area contributed by atoms with Crippen molar-refractivity contribution in [3.05, 3.63) is 48.5 Å². The Bertz CT molecular complexity index is 474. The summed E-state index contributed by atoms with van der Waals surface area (Å²) in [6, 6.07) is 15.0. The predicted molar refractivity (Wildman–Crippen MR) is 57.3 cm³/mol. The molecule has 74 valence electrons. The zero-order valence-corrected chi connectivity index (χ0v) is 7.92. The van der Waals surface area contributed by atoms with Gasteiger partial charge >= 0.3 is 0 Å². The van der Waals surface area contributed by atoms with E-state index in [1.54, 1.807) is 5.06 Å². The zero-order valence-electron chi connectivity index (χ0n) is 7.92. The van der Waals surface area contributed by atoms with Crippen LogP contribution in [-0.4, -0.2) is 5.11 Å². The summed E-state index contributed by atoms with van der Waals surface area (Å²) in [5, 5.41) is 11.1. The topological polar surface area (TPSA) is 32.7 Å². The van der Waals surface area contributed by atoms with Crippen molar-refractivity contribution in [3.8, 4) is 11.5 Å².